The fourth-order valence-electron chi connectivity index (χ4n) is 1.71. The quantitative estimate of drug-likeness (QED) is 0.572. The average Bonchev–Trinajstić information content (AvgIpc) is 2.32. The second-order valence-corrected chi connectivity index (χ2v) is 5.12. The molecule has 0 aromatic heterocycles. The van der Waals surface area contributed by atoms with E-state index in [0.29, 0.717) is 4.32 Å². The molecule has 0 atom stereocenters. The van der Waals surface area contributed by atoms with E-state index in [1.807, 2.05) is 48.5 Å². The van der Waals surface area contributed by atoms with Crippen LogP contribution in [0.3, 0.4) is 0 Å². The predicted octanol–water partition coefficient (Wildman–Crippen LogP) is 4.85. The normalized spacial score (nSPS) is 10.2. The van der Waals surface area contributed by atoms with Gasteiger partial charge in [0.05, 0.1) is 0 Å². The Kier molecular flexibility index (Phi) is 4.16. The van der Waals surface area contributed by atoms with Crippen LogP contribution in [0.2, 0.25) is 5.02 Å². The molecule has 0 aliphatic heterocycles. The maximum absolute atomic E-state index is 6.14. The van der Waals surface area contributed by atoms with Crippen molar-refractivity contribution in [2.45, 2.75) is 6.42 Å². The molecule has 0 aliphatic rings. The van der Waals surface area contributed by atoms with Gasteiger partial charge in [0.1, 0.15) is 4.32 Å². The fourth-order valence-corrected chi connectivity index (χ4v) is 2.30. The third-order valence-corrected chi connectivity index (χ3v) is 3.36. The molecule has 0 aliphatic carbocycles. The Morgan fingerprint density at radius 2 is 1.53 bits per heavy atom. The first-order chi connectivity index (χ1) is 8.18. The minimum atomic E-state index is 0.396. The van der Waals surface area contributed by atoms with E-state index < -0.39 is 0 Å². The summed E-state index contributed by atoms with van der Waals surface area (Å²) in [7, 11) is 0. The van der Waals surface area contributed by atoms with Gasteiger partial charge in [-0.2, -0.15) is 0 Å². The Bertz CT molecular complexity index is 549. The van der Waals surface area contributed by atoms with E-state index in [9.17, 15) is 0 Å². The van der Waals surface area contributed by atoms with E-state index in [-0.39, 0.29) is 0 Å². The van der Waals surface area contributed by atoms with E-state index in [4.69, 9.17) is 35.4 Å². The Hall–Kier alpha value is -0.890. The maximum Gasteiger partial charge on any atom is 0.111 e. The zero-order chi connectivity index (χ0) is 12.3. The maximum atomic E-state index is 6.14. The van der Waals surface area contributed by atoms with Crippen LogP contribution in [0.25, 0.3) is 0 Å². The zero-order valence-electron chi connectivity index (χ0n) is 8.99. The van der Waals surface area contributed by atoms with Crippen molar-refractivity contribution in [1.29, 1.82) is 0 Å². The second-order valence-electron chi connectivity index (χ2n) is 3.70. The molecule has 2 aromatic rings. The molecule has 0 radical (unpaired) electrons. The zero-order valence-corrected chi connectivity index (χ0v) is 11.3. The second kappa shape index (κ2) is 5.63. The molecule has 0 unspecified atom stereocenters. The summed E-state index contributed by atoms with van der Waals surface area (Å²) in [5, 5.41) is 0.766. The van der Waals surface area contributed by atoms with Gasteiger partial charge in [0, 0.05) is 10.6 Å². The Morgan fingerprint density at radius 1 is 0.941 bits per heavy atom. The molecule has 3 heteroatoms. The largest absolute Gasteiger partial charge is 0.111 e. The molecule has 0 N–H and O–H groups in total. The number of benzene rings is 2. The first-order valence-electron chi connectivity index (χ1n) is 5.19. The molecule has 0 saturated heterocycles. The number of thiocarbonyl (C=S) groups is 1. The minimum Gasteiger partial charge on any atom is -0.0840 e. The number of hydrogen-bond acceptors (Lipinski definition) is 1. The molecule has 0 saturated carbocycles. The molecule has 0 nitrogen and oxygen atoms in total. The lowest BCUT2D eigenvalue weighted by Crippen LogP contribution is -1.98. The number of hydrogen-bond donors (Lipinski definition) is 0. The monoisotopic (exact) mass is 280 g/mol. The highest BCUT2D eigenvalue weighted by atomic mass is 35.5. The first-order valence-corrected chi connectivity index (χ1v) is 6.36. The summed E-state index contributed by atoms with van der Waals surface area (Å²) in [6.07, 6.45) is 0.739. The molecule has 0 amide bonds. The van der Waals surface area contributed by atoms with Crippen LogP contribution in [0.1, 0.15) is 16.7 Å². The molecule has 2 rings (SSSR count). The van der Waals surface area contributed by atoms with Gasteiger partial charge in [0.25, 0.3) is 0 Å². The summed E-state index contributed by atoms with van der Waals surface area (Å²) in [5.74, 6) is 0. The van der Waals surface area contributed by atoms with E-state index in [1.54, 1.807) is 0 Å². The first kappa shape index (κ1) is 12.6. The highest BCUT2D eigenvalue weighted by Gasteiger charge is 2.07. The minimum absolute atomic E-state index is 0.396. The van der Waals surface area contributed by atoms with E-state index in [1.165, 1.54) is 0 Å². The third kappa shape index (κ3) is 3.06. The van der Waals surface area contributed by atoms with E-state index in [0.717, 1.165) is 28.1 Å². The molecular formula is C14H10Cl2S. The smallest absolute Gasteiger partial charge is 0.0840 e. The van der Waals surface area contributed by atoms with Crippen LogP contribution in [0.5, 0.6) is 0 Å². The van der Waals surface area contributed by atoms with Crippen molar-refractivity contribution >= 4 is 39.7 Å². The molecule has 0 heterocycles. The highest BCUT2D eigenvalue weighted by Crippen LogP contribution is 2.22. The van der Waals surface area contributed by atoms with Crippen molar-refractivity contribution in [1.82, 2.24) is 0 Å². The molecule has 0 fully saturated rings. The number of rotatable bonds is 3. The summed E-state index contributed by atoms with van der Waals surface area (Å²) in [6, 6.07) is 15.7. The van der Waals surface area contributed by atoms with Crippen LogP contribution in [0, 0.1) is 0 Å². The van der Waals surface area contributed by atoms with Crippen molar-refractivity contribution in [3.63, 3.8) is 0 Å². The summed E-state index contributed by atoms with van der Waals surface area (Å²) >= 11 is 17.1. The summed E-state index contributed by atoms with van der Waals surface area (Å²) in [4.78, 5) is 0. The topological polar surface area (TPSA) is 0 Å². The Labute approximate surface area is 116 Å². The van der Waals surface area contributed by atoms with Gasteiger partial charge < -0.3 is 0 Å². The van der Waals surface area contributed by atoms with Gasteiger partial charge in [-0.15, -0.1) is 0 Å². The van der Waals surface area contributed by atoms with Crippen molar-refractivity contribution in [2.24, 2.45) is 0 Å². The van der Waals surface area contributed by atoms with Gasteiger partial charge in [0.15, 0.2) is 0 Å². The lowest BCUT2D eigenvalue weighted by Gasteiger charge is -2.08. The van der Waals surface area contributed by atoms with Gasteiger partial charge in [-0.3, -0.25) is 0 Å². The van der Waals surface area contributed by atoms with Gasteiger partial charge in [-0.05, 0) is 23.6 Å². The van der Waals surface area contributed by atoms with Crippen molar-refractivity contribution in [3.05, 3.63) is 70.2 Å². The van der Waals surface area contributed by atoms with Crippen LogP contribution < -0.4 is 0 Å². The fraction of sp³-hybridized carbons (Fsp3) is 0.0714. The lowest BCUT2D eigenvalue weighted by atomic mass is 10.0. The van der Waals surface area contributed by atoms with Gasteiger partial charge >= 0.3 is 0 Å². The highest BCUT2D eigenvalue weighted by molar-refractivity contribution is 7.83. The molecule has 86 valence electrons. The summed E-state index contributed by atoms with van der Waals surface area (Å²) < 4.78 is 0.396. The standard InChI is InChI=1S/C14H10Cl2S/c15-13-8-4-2-6-11(13)9-10-5-1-3-7-12(10)14(16)17/h1-8H,9H2. The lowest BCUT2D eigenvalue weighted by molar-refractivity contribution is 1.19. The van der Waals surface area contributed by atoms with Crippen LogP contribution in [-0.2, 0) is 6.42 Å². The van der Waals surface area contributed by atoms with Crippen LogP contribution >= 0.6 is 35.4 Å². The third-order valence-electron chi connectivity index (χ3n) is 2.57. The van der Waals surface area contributed by atoms with E-state index in [2.05, 4.69) is 0 Å². The number of halogens is 2. The van der Waals surface area contributed by atoms with Crippen LogP contribution in [0.15, 0.2) is 48.5 Å². The molecular weight excluding hydrogens is 271 g/mol. The van der Waals surface area contributed by atoms with Crippen molar-refractivity contribution < 1.29 is 0 Å². The SMILES string of the molecule is S=C(Cl)c1ccccc1Cc1ccccc1Cl. The van der Waals surface area contributed by atoms with E-state index >= 15 is 0 Å². The van der Waals surface area contributed by atoms with Gasteiger partial charge in [-0.1, -0.05) is 77.9 Å². The van der Waals surface area contributed by atoms with Gasteiger partial charge in [-0.25, -0.2) is 0 Å². The van der Waals surface area contributed by atoms with Crippen LogP contribution in [-0.4, -0.2) is 4.32 Å². The molecule has 0 spiro atoms. The summed E-state index contributed by atoms with van der Waals surface area (Å²) in [6.45, 7) is 0. The Balaban J connectivity index is 2.37. The van der Waals surface area contributed by atoms with Crippen molar-refractivity contribution in [3.8, 4) is 0 Å². The Morgan fingerprint density at radius 3 is 2.18 bits per heavy atom. The van der Waals surface area contributed by atoms with Crippen molar-refractivity contribution in [2.75, 3.05) is 0 Å². The predicted molar refractivity (Wildman–Crippen MR) is 78.3 cm³/mol. The summed E-state index contributed by atoms with van der Waals surface area (Å²) in [5.41, 5.74) is 3.08. The molecule has 0 bridgehead atoms. The molecule has 17 heavy (non-hydrogen) atoms. The average molecular weight is 281 g/mol. The molecule has 2 aromatic carbocycles. The van der Waals surface area contributed by atoms with Gasteiger partial charge in [0.2, 0.25) is 0 Å². The van der Waals surface area contributed by atoms with Crippen LogP contribution in [0.4, 0.5) is 0 Å².